The molecule has 1 amide bonds. The van der Waals surface area contributed by atoms with Crippen molar-refractivity contribution < 1.29 is 9.59 Å². The number of piperidine rings is 1. The molecule has 0 aromatic carbocycles. The average Bonchev–Trinajstić information content (AvgIpc) is 2.47. The third-order valence-corrected chi connectivity index (χ3v) is 3.47. The third kappa shape index (κ3) is 2.75. The first-order valence-electron chi connectivity index (χ1n) is 6.45. The van der Waals surface area contributed by atoms with Crippen LogP contribution in [0.3, 0.4) is 0 Å². The van der Waals surface area contributed by atoms with Gasteiger partial charge in [-0.2, -0.15) is 0 Å². The molecule has 1 aliphatic heterocycles. The summed E-state index contributed by atoms with van der Waals surface area (Å²) in [5.41, 5.74) is 0.484. The smallest absolute Gasteiger partial charge is 0.272 e. The minimum absolute atomic E-state index is 0.0296. The Morgan fingerprint density at radius 2 is 2.06 bits per heavy atom. The molecule has 1 saturated heterocycles. The van der Waals surface area contributed by atoms with Gasteiger partial charge in [-0.1, -0.05) is 13.0 Å². The van der Waals surface area contributed by atoms with Crippen molar-refractivity contribution in [2.24, 2.45) is 5.92 Å². The van der Waals surface area contributed by atoms with Gasteiger partial charge in [0.25, 0.3) is 5.91 Å². The molecule has 0 aliphatic carbocycles. The van der Waals surface area contributed by atoms with Gasteiger partial charge in [0.05, 0.1) is 0 Å². The highest BCUT2D eigenvalue weighted by Gasteiger charge is 2.27. The summed E-state index contributed by atoms with van der Waals surface area (Å²) < 4.78 is 0. The first-order valence-corrected chi connectivity index (χ1v) is 6.45. The SMILES string of the molecule is CCC(=O)C1CCN(C(=O)c2ccccn2)CC1. The molecule has 0 unspecified atom stereocenters. The van der Waals surface area contributed by atoms with Gasteiger partial charge >= 0.3 is 0 Å². The summed E-state index contributed by atoms with van der Waals surface area (Å²) in [6.45, 7) is 3.21. The fraction of sp³-hybridized carbons (Fsp3) is 0.500. The zero-order valence-corrected chi connectivity index (χ0v) is 10.6. The first-order chi connectivity index (χ1) is 8.72. The highest BCUT2D eigenvalue weighted by Crippen LogP contribution is 2.20. The maximum atomic E-state index is 12.1. The van der Waals surface area contributed by atoms with Crippen molar-refractivity contribution in [2.75, 3.05) is 13.1 Å². The number of aromatic nitrogens is 1. The Morgan fingerprint density at radius 3 is 2.61 bits per heavy atom. The number of carbonyl (C=O) groups is 2. The number of rotatable bonds is 3. The quantitative estimate of drug-likeness (QED) is 0.818. The predicted molar refractivity (Wildman–Crippen MR) is 68.2 cm³/mol. The summed E-state index contributed by atoms with van der Waals surface area (Å²) in [5.74, 6) is 0.431. The van der Waals surface area contributed by atoms with Crippen molar-refractivity contribution in [3.8, 4) is 0 Å². The summed E-state index contributed by atoms with van der Waals surface area (Å²) >= 11 is 0. The van der Waals surface area contributed by atoms with Crippen LogP contribution in [-0.2, 0) is 4.79 Å². The van der Waals surface area contributed by atoms with Crippen molar-refractivity contribution >= 4 is 11.7 Å². The van der Waals surface area contributed by atoms with E-state index in [1.54, 1.807) is 23.2 Å². The molecule has 4 nitrogen and oxygen atoms in total. The number of hydrogen-bond donors (Lipinski definition) is 0. The predicted octanol–water partition coefficient (Wildman–Crippen LogP) is 1.91. The number of amides is 1. The topological polar surface area (TPSA) is 50.3 Å². The maximum absolute atomic E-state index is 12.1. The highest BCUT2D eigenvalue weighted by atomic mass is 16.2. The molecule has 1 aromatic rings. The van der Waals surface area contributed by atoms with Crippen LogP contribution in [0, 0.1) is 5.92 Å². The van der Waals surface area contributed by atoms with Gasteiger partial charge < -0.3 is 4.90 Å². The molecule has 18 heavy (non-hydrogen) atoms. The summed E-state index contributed by atoms with van der Waals surface area (Å²) in [5, 5.41) is 0. The monoisotopic (exact) mass is 246 g/mol. The Labute approximate surface area is 107 Å². The van der Waals surface area contributed by atoms with Crippen LogP contribution in [0.4, 0.5) is 0 Å². The van der Waals surface area contributed by atoms with Crippen molar-refractivity contribution in [3.05, 3.63) is 30.1 Å². The van der Waals surface area contributed by atoms with Gasteiger partial charge in [0.2, 0.25) is 0 Å². The van der Waals surface area contributed by atoms with Crippen LogP contribution in [-0.4, -0.2) is 34.7 Å². The van der Waals surface area contributed by atoms with Gasteiger partial charge in [-0.15, -0.1) is 0 Å². The van der Waals surface area contributed by atoms with E-state index in [9.17, 15) is 9.59 Å². The summed E-state index contributed by atoms with van der Waals surface area (Å²) in [7, 11) is 0. The maximum Gasteiger partial charge on any atom is 0.272 e. The minimum Gasteiger partial charge on any atom is -0.337 e. The van der Waals surface area contributed by atoms with Gasteiger partial charge in [0.15, 0.2) is 0 Å². The van der Waals surface area contributed by atoms with Gasteiger partial charge in [-0.05, 0) is 25.0 Å². The largest absolute Gasteiger partial charge is 0.337 e. The highest BCUT2D eigenvalue weighted by molar-refractivity contribution is 5.92. The van der Waals surface area contributed by atoms with E-state index in [2.05, 4.69) is 4.98 Å². The Hall–Kier alpha value is -1.71. The molecule has 0 radical (unpaired) electrons. The van der Waals surface area contributed by atoms with E-state index in [0.29, 0.717) is 31.0 Å². The lowest BCUT2D eigenvalue weighted by atomic mass is 9.91. The third-order valence-electron chi connectivity index (χ3n) is 3.47. The molecule has 0 spiro atoms. The molecule has 96 valence electrons. The molecular formula is C14H18N2O2. The van der Waals surface area contributed by atoms with Crippen LogP contribution in [0.2, 0.25) is 0 Å². The van der Waals surface area contributed by atoms with Gasteiger partial charge in [0, 0.05) is 31.6 Å². The molecule has 4 heteroatoms. The first kappa shape index (κ1) is 12.7. The van der Waals surface area contributed by atoms with Crippen LogP contribution < -0.4 is 0 Å². The number of pyridine rings is 1. The van der Waals surface area contributed by atoms with E-state index in [1.165, 1.54) is 0 Å². The van der Waals surface area contributed by atoms with E-state index in [0.717, 1.165) is 12.8 Å². The second kappa shape index (κ2) is 5.76. The molecule has 2 heterocycles. The number of hydrogen-bond acceptors (Lipinski definition) is 3. The number of carbonyl (C=O) groups excluding carboxylic acids is 2. The Kier molecular flexibility index (Phi) is 4.07. The van der Waals surface area contributed by atoms with Gasteiger partial charge in [-0.25, -0.2) is 0 Å². The lowest BCUT2D eigenvalue weighted by Gasteiger charge is -2.30. The molecule has 0 N–H and O–H groups in total. The average molecular weight is 246 g/mol. The Balaban J connectivity index is 1.94. The summed E-state index contributed by atoms with van der Waals surface area (Å²) in [4.78, 5) is 29.6. The van der Waals surface area contributed by atoms with Crippen molar-refractivity contribution in [2.45, 2.75) is 26.2 Å². The van der Waals surface area contributed by atoms with Crippen molar-refractivity contribution in [3.63, 3.8) is 0 Å². The fourth-order valence-electron chi connectivity index (χ4n) is 2.34. The minimum atomic E-state index is -0.0296. The summed E-state index contributed by atoms with van der Waals surface area (Å²) in [6, 6.07) is 5.34. The van der Waals surface area contributed by atoms with Crippen molar-refractivity contribution in [1.82, 2.24) is 9.88 Å². The van der Waals surface area contributed by atoms with Crippen LogP contribution in [0.25, 0.3) is 0 Å². The molecule has 1 aromatic heterocycles. The van der Waals surface area contributed by atoms with E-state index in [4.69, 9.17) is 0 Å². The summed E-state index contributed by atoms with van der Waals surface area (Å²) in [6.07, 6.45) is 3.79. The number of ketones is 1. The Bertz CT molecular complexity index is 423. The second-order valence-electron chi connectivity index (χ2n) is 4.60. The lowest BCUT2D eigenvalue weighted by molar-refractivity contribution is -0.123. The fourth-order valence-corrected chi connectivity index (χ4v) is 2.34. The molecule has 0 atom stereocenters. The normalized spacial score (nSPS) is 16.6. The zero-order chi connectivity index (χ0) is 13.0. The lowest BCUT2D eigenvalue weighted by Crippen LogP contribution is -2.40. The van der Waals surface area contributed by atoms with Gasteiger partial charge in [0.1, 0.15) is 11.5 Å². The standard InChI is InChI=1S/C14H18N2O2/c1-2-13(17)11-6-9-16(10-7-11)14(18)12-5-3-4-8-15-12/h3-5,8,11H,2,6-7,9-10H2,1H3. The molecule has 0 bridgehead atoms. The van der Waals surface area contributed by atoms with Crippen LogP contribution in [0.5, 0.6) is 0 Å². The molecular weight excluding hydrogens is 228 g/mol. The van der Waals surface area contributed by atoms with E-state index < -0.39 is 0 Å². The van der Waals surface area contributed by atoms with E-state index >= 15 is 0 Å². The number of Topliss-reactive ketones (excluding diaryl/α,β-unsaturated/α-hetero) is 1. The van der Waals surface area contributed by atoms with E-state index in [1.807, 2.05) is 13.0 Å². The van der Waals surface area contributed by atoms with Gasteiger partial charge in [-0.3, -0.25) is 14.6 Å². The van der Waals surface area contributed by atoms with Crippen LogP contribution >= 0.6 is 0 Å². The van der Waals surface area contributed by atoms with Crippen LogP contribution in [0.15, 0.2) is 24.4 Å². The number of likely N-dealkylation sites (tertiary alicyclic amines) is 1. The molecule has 1 aliphatic rings. The molecule has 2 rings (SSSR count). The molecule has 1 fully saturated rings. The zero-order valence-electron chi connectivity index (χ0n) is 10.6. The molecule has 0 saturated carbocycles. The van der Waals surface area contributed by atoms with Crippen LogP contribution in [0.1, 0.15) is 36.7 Å². The second-order valence-corrected chi connectivity index (χ2v) is 4.60. The number of nitrogens with zero attached hydrogens (tertiary/aromatic N) is 2. The van der Waals surface area contributed by atoms with Crippen molar-refractivity contribution in [1.29, 1.82) is 0 Å². The van der Waals surface area contributed by atoms with E-state index in [-0.39, 0.29) is 11.8 Å². The Morgan fingerprint density at radius 1 is 1.33 bits per heavy atom.